The van der Waals surface area contributed by atoms with Crippen LogP contribution in [0.4, 0.5) is 0 Å². The van der Waals surface area contributed by atoms with E-state index >= 15 is 0 Å². The Morgan fingerprint density at radius 2 is 2.37 bits per heavy atom. The van der Waals surface area contributed by atoms with Crippen molar-refractivity contribution in [2.45, 2.75) is 23.7 Å². The van der Waals surface area contributed by atoms with Gasteiger partial charge in [0.25, 0.3) is 10.0 Å². The minimum atomic E-state index is -3.46. The summed E-state index contributed by atoms with van der Waals surface area (Å²) in [6.07, 6.45) is 0.771. The van der Waals surface area contributed by atoms with Crippen LogP contribution in [0.3, 0.4) is 0 Å². The highest BCUT2D eigenvalue weighted by molar-refractivity contribution is 7.91. The molecule has 8 heteroatoms. The Labute approximate surface area is 122 Å². The van der Waals surface area contributed by atoms with Crippen LogP contribution in [0.25, 0.3) is 0 Å². The Balaban J connectivity index is 2.23. The summed E-state index contributed by atoms with van der Waals surface area (Å²) in [5, 5.41) is 0. The highest BCUT2D eigenvalue weighted by atomic mass is 32.2. The molecular formula is C11H16N2O3S3. The van der Waals surface area contributed by atoms with E-state index in [-0.39, 0.29) is 15.3 Å². The van der Waals surface area contributed by atoms with E-state index < -0.39 is 10.0 Å². The van der Waals surface area contributed by atoms with Crippen LogP contribution in [0.2, 0.25) is 0 Å². The summed E-state index contributed by atoms with van der Waals surface area (Å²) in [7, 11) is -3.46. The minimum absolute atomic E-state index is 0.0291. The third kappa shape index (κ3) is 3.14. The van der Waals surface area contributed by atoms with Gasteiger partial charge >= 0.3 is 0 Å². The van der Waals surface area contributed by atoms with Gasteiger partial charge in [0.05, 0.1) is 17.6 Å². The number of thiophene rings is 1. The average molecular weight is 320 g/mol. The van der Waals surface area contributed by atoms with Crippen molar-refractivity contribution < 1.29 is 13.2 Å². The Morgan fingerprint density at radius 1 is 1.63 bits per heavy atom. The molecule has 1 fully saturated rings. The molecule has 1 unspecified atom stereocenters. The molecule has 0 radical (unpaired) electrons. The maximum atomic E-state index is 12.5. The Morgan fingerprint density at radius 3 is 2.95 bits per heavy atom. The van der Waals surface area contributed by atoms with Crippen molar-refractivity contribution in [1.82, 2.24) is 4.31 Å². The van der Waals surface area contributed by atoms with Crippen molar-refractivity contribution in [2.75, 3.05) is 19.7 Å². The van der Waals surface area contributed by atoms with Gasteiger partial charge in [-0.25, -0.2) is 8.42 Å². The first-order chi connectivity index (χ1) is 8.95. The van der Waals surface area contributed by atoms with Crippen molar-refractivity contribution in [3.63, 3.8) is 0 Å². The number of hydrogen-bond donors (Lipinski definition) is 1. The number of thiocarbonyl (C=S) groups is 1. The molecule has 19 heavy (non-hydrogen) atoms. The molecule has 0 spiro atoms. The fourth-order valence-corrected chi connectivity index (χ4v) is 4.84. The monoisotopic (exact) mass is 320 g/mol. The van der Waals surface area contributed by atoms with Gasteiger partial charge in [-0.1, -0.05) is 19.1 Å². The van der Waals surface area contributed by atoms with E-state index in [4.69, 9.17) is 22.7 Å². The van der Waals surface area contributed by atoms with Crippen LogP contribution >= 0.6 is 23.6 Å². The second kappa shape index (κ2) is 5.84. The van der Waals surface area contributed by atoms with Gasteiger partial charge in [-0.3, -0.25) is 0 Å². The lowest BCUT2D eigenvalue weighted by molar-refractivity contribution is -0.00272. The first kappa shape index (κ1) is 14.9. The smallest absolute Gasteiger partial charge is 0.252 e. The maximum Gasteiger partial charge on any atom is 0.252 e. The maximum absolute atomic E-state index is 12.5. The number of nitrogens with zero attached hydrogens (tertiary/aromatic N) is 1. The Hall–Kier alpha value is -0.540. The second-order valence-corrected chi connectivity index (χ2v) is 7.94. The highest BCUT2D eigenvalue weighted by Crippen LogP contribution is 2.26. The summed E-state index contributed by atoms with van der Waals surface area (Å²) in [6, 6.07) is 3.21. The quantitative estimate of drug-likeness (QED) is 0.844. The minimum Gasteiger partial charge on any atom is -0.389 e. The summed E-state index contributed by atoms with van der Waals surface area (Å²) >= 11 is 5.97. The molecule has 0 aromatic carbocycles. The van der Waals surface area contributed by atoms with Crippen LogP contribution in [-0.4, -0.2) is 43.5 Å². The number of ether oxygens (including phenoxy) is 1. The SMILES string of the molecule is CCC1CN(S(=O)(=O)c2ccc(C(N)=S)s2)CCO1. The molecule has 0 amide bonds. The van der Waals surface area contributed by atoms with Crippen LogP contribution in [0.15, 0.2) is 16.3 Å². The van der Waals surface area contributed by atoms with Crippen molar-refractivity contribution >= 4 is 38.6 Å². The summed E-state index contributed by atoms with van der Waals surface area (Å²) in [6.45, 7) is 3.21. The van der Waals surface area contributed by atoms with Crippen LogP contribution in [0.1, 0.15) is 18.2 Å². The lowest BCUT2D eigenvalue weighted by Crippen LogP contribution is -2.45. The molecule has 0 saturated carbocycles. The normalized spacial score (nSPS) is 21.4. The predicted octanol–water partition coefficient (Wildman–Crippen LogP) is 1.18. The summed E-state index contributed by atoms with van der Waals surface area (Å²) in [5.41, 5.74) is 5.51. The molecule has 2 heterocycles. The van der Waals surface area contributed by atoms with Crippen molar-refractivity contribution in [2.24, 2.45) is 5.73 Å². The predicted molar refractivity (Wildman–Crippen MR) is 79.0 cm³/mol. The van der Waals surface area contributed by atoms with Crippen LogP contribution < -0.4 is 5.73 Å². The van der Waals surface area contributed by atoms with Gasteiger partial charge in [-0.05, 0) is 18.6 Å². The molecule has 2 rings (SSSR count). The zero-order valence-electron chi connectivity index (χ0n) is 10.5. The number of rotatable bonds is 4. The fraction of sp³-hybridized carbons (Fsp3) is 0.545. The number of nitrogens with two attached hydrogens (primary N) is 1. The topological polar surface area (TPSA) is 72.6 Å². The standard InChI is InChI=1S/C11H16N2O3S3/c1-2-8-7-13(5-6-16-8)19(14,15)10-4-3-9(18-10)11(12)17/h3-4,8H,2,5-7H2,1H3,(H2,12,17). The van der Waals surface area contributed by atoms with Crippen LogP contribution in [0, 0.1) is 0 Å². The van der Waals surface area contributed by atoms with Crippen molar-refractivity contribution in [3.05, 3.63) is 17.0 Å². The fourth-order valence-electron chi connectivity index (χ4n) is 1.88. The second-order valence-electron chi connectivity index (χ2n) is 4.25. The molecule has 0 bridgehead atoms. The van der Waals surface area contributed by atoms with Gasteiger partial charge in [0.15, 0.2) is 0 Å². The summed E-state index contributed by atoms with van der Waals surface area (Å²) in [4.78, 5) is 0.841. The average Bonchev–Trinajstić information content (AvgIpc) is 2.89. The van der Waals surface area contributed by atoms with E-state index in [9.17, 15) is 8.42 Å². The molecule has 1 aliphatic rings. The zero-order chi connectivity index (χ0) is 14.0. The molecule has 5 nitrogen and oxygen atoms in total. The lowest BCUT2D eigenvalue weighted by Gasteiger charge is -2.31. The molecule has 2 N–H and O–H groups in total. The lowest BCUT2D eigenvalue weighted by atomic mass is 10.2. The third-order valence-corrected chi connectivity index (χ3v) is 6.78. The van der Waals surface area contributed by atoms with E-state index in [0.29, 0.717) is 24.6 Å². The molecule has 1 saturated heterocycles. The van der Waals surface area contributed by atoms with Gasteiger partial charge in [0.1, 0.15) is 9.20 Å². The van der Waals surface area contributed by atoms with Crippen molar-refractivity contribution in [3.8, 4) is 0 Å². The third-order valence-electron chi connectivity index (χ3n) is 2.98. The zero-order valence-corrected chi connectivity index (χ0v) is 13.0. The first-order valence-electron chi connectivity index (χ1n) is 5.96. The van der Waals surface area contributed by atoms with Gasteiger partial charge in [-0.2, -0.15) is 4.31 Å². The number of sulfonamides is 1. The van der Waals surface area contributed by atoms with E-state index in [1.54, 1.807) is 12.1 Å². The molecule has 0 aliphatic carbocycles. The first-order valence-corrected chi connectivity index (χ1v) is 8.63. The van der Waals surface area contributed by atoms with Crippen molar-refractivity contribution in [1.29, 1.82) is 0 Å². The molecule has 1 aliphatic heterocycles. The highest BCUT2D eigenvalue weighted by Gasteiger charge is 2.31. The van der Waals surface area contributed by atoms with Gasteiger partial charge in [0, 0.05) is 13.1 Å². The Bertz CT molecular complexity index is 567. The Kier molecular flexibility index (Phi) is 4.57. The van der Waals surface area contributed by atoms with E-state index in [0.717, 1.165) is 17.8 Å². The molecule has 1 aromatic heterocycles. The van der Waals surface area contributed by atoms with E-state index in [2.05, 4.69) is 0 Å². The van der Waals surface area contributed by atoms with Gasteiger partial charge < -0.3 is 10.5 Å². The largest absolute Gasteiger partial charge is 0.389 e. The van der Waals surface area contributed by atoms with E-state index in [1.807, 2.05) is 6.92 Å². The molecule has 1 atom stereocenters. The number of hydrogen-bond acceptors (Lipinski definition) is 5. The summed E-state index contributed by atoms with van der Waals surface area (Å²) in [5.74, 6) is 0. The van der Waals surface area contributed by atoms with Gasteiger partial charge in [0.2, 0.25) is 0 Å². The van der Waals surface area contributed by atoms with Crippen LogP contribution in [-0.2, 0) is 14.8 Å². The number of morpholine rings is 1. The molecule has 106 valence electrons. The summed E-state index contributed by atoms with van der Waals surface area (Å²) < 4.78 is 32.2. The van der Waals surface area contributed by atoms with E-state index in [1.165, 1.54) is 4.31 Å². The molecular weight excluding hydrogens is 304 g/mol. The molecule has 1 aromatic rings. The van der Waals surface area contributed by atoms with Gasteiger partial charge in [-0.15, -0.1) is 11.3 Å². The van der Waals surface area contributed by atoms with Crippen LogP contribution in [0.5, 0.6) is 0 Å².